The van der Waals surface area contributed by atoms with Crippen LogP contribution in [0.15, 0.2) is 4.99 Å². The lowest BCUT2D eigenvalue weighted by atomic mass is 10.0. The number of aliphatic imine (C=N–C) groups is 1. The summed E-state index contributed by atoms with van der Waals surface area (Å²) in [6.07, 6.45) is 1.20. The second-order valence-corrected chi connectivity index (χ2v) is 8.72. The van der Waals surface area contributed by atoms with Gasteiger partial charge in [0.2, 0.25) is 0 Å². The van der Waals surface area contributed by atoms with Gasteiger partial charge in [-0.05, 0) is 33.2 Å². The number of hydrogen-bond donors (Lipinski definition) is 2. The average molecular weight is 397 g/mol. The van der Waals surface area contributed by atoms with Crippen LogP contribution < -0.4 is 10.6 Å². The fourth-order valence-electron chi connectivity index (χ4n) is 4.01. The van der Waals surface area contributed by atoms with Crippen molar-refractivity contribution in [3.05, 3.63) is 0 Å². The maximum Gasteiger partial charge on any atom is 0.191 e. The molecule has 2 heterocycles. The van der Waals surface area contributed by atoms with Crippen molar-refractivity contribution in [3.8, 4) is 0 Å². The van der Waals surface area contributed by atoms with E-state index in [0.717, 1.165) is 78.1 Å². The van der Waals surface area contributed by atoms with Crippen molar-refractivity contribution in [2.75, 3.05) is 79.2 Å². The first kappa shape index (κ1) is 23.4. The molecule has 0 bridgehead atoms. The molecule has 2 N–H and O–H groups in total. The van der Waals surface area contributed by atoms with Gasteiger partial charge in [-0.2, -0.15) is 0 Å². The van der Waals surface area contributed by atoms with E-state index in [1.165, 1.54) is 6.42 Å². The minimum atomic E-state index is 0.481. The summed E-state index contributed by atoms with van der Waals surface area (Å²) in [7, 11) is 2.20. The van der Waals surface area contributed by atoms with E-state index in [9.17, 15) is 0 Å². The normalized spacial score (nSPS) is 23.0. The SMILES string of the molecule is CCNC(=NCC(C)N1CCN(C)CC1)NCC(CC(C)C)N1CCOCC1. The summed E-state index contributed by atoms with van der Waals surface area (Å²) in [5.74, 6) is 1.64. The van der Waals surface area contributed by atoms with Gasteiger partial charge in [0.1, 0.15) is 0 Å². The number of morpholine rings is 1. The molecule has 0 amide bonds. The summed E-state index contributed by atoms with van der Waals surface area (Å²) in [5.41, 5.74) is 0. The third-order valence-corrected chi connectivity index (χ3v) is 5.83. The molecule has 2 aliphatic heterocycles. The van der Waals surface area contributed by atoms with Crippen molar-refractivity contribution in [2.45, 2.75) is 46.2 Å². The van der Waals surface area contributed by atoms with E-state index in [1.807, 2.05) is 0 Å². The van der Waals surface area contributed by atoms with E-state index in [-0.39, 0.29) is 0 Å². The molecule has 0 aromatic rings. The first-order chi connectivity index (χ1) is 13.5. The van der Waals surface area contributed by atoms with E-state index in [2.05, 4.69) is 60.1 Å². The number of nitrogens with one attached hydrogen (secondary N) is 2. The summed E-state index contributed by atoms with van der Waals surface area (Å²) < 4.78 is 5.54. The Bertz CT molecular complexity index is 444. The van der Waals surface area contributed by atoms with Gasteiger partial charge in [-0.3, -0.25) is 14.8 Å². The molecule has 2 aliphatic rings. The molecule has 2 atom stereocenters. The maximum atomic E-state index is 5.54. The summed E-state index contributed by atoms with van der Waals surface area (Å²) in [4.78, 5) is 12.4. The quantitative estimate of drug-likeness (QED) is 0.447. The molecule has 7 nitrogen and oxygen atoms in total. The van der Waals surface area contributed by atoms with Crippen LogP contribution in [-0.2, 0) is 4.74 Å². The fourth-order valence-corrected chi connectivity index (χ4v) is 4.01. The van der Waals surface area contributed by atoms with Crippen molar-refractivity contribution in [3.63, 3.8) is 0 Å². The molecule has 2 rings (SSSR count). The van der Waals surface area contributed by atoms with Crippen LogP contribution in [-0.4, -0.2) is 112 Å². The van der Waals surface area contributed by atoms with Crippen molar-refractivity contribution in [1.82, 2.24) is 25.3 Å². The zero-order chi connectivity index (χ0) is 20.4. The number of piperazine rings is 1. The van der Waals surface area contributed by atoms with E-state index in [0.29, 0.717) is 18.0 Å². The van der Waals surface area contributed by atoms with Gasteiger partial charge in [-0.15, -0.1) is 0 Å². The van der Waals surface area contributed by atoms with Crippen LogP contribution >= 0.6 is 0 Å². The minimum absolute atomic E-state index is 0.481. The van der Waals surface area contributed by atoms with E-state index in [1.54, 1.807) is 0 Å². The number of rotatable bonds is 9. The Morgan fingerprint density at radius 3 is 2.25 bits per heavy atom. The second-order valence-electron chi connectivity index (χ2n) is 8.72. The van der Waals surface area contributed by atoms with Crippen LogP contribution in [0.5, 0.6) is 0 Å². The van der Waals surface area contributed by atoms with Crippen LogP contribution in [0.4, 0.5) is 0 Å². The molecule has 0 aromatic heterocycles. The predicted molar refractivity (Wildman–Crippen MR) is 118 cm³/mol. The Morgan fingerprint density at radius 2 is 1.64 bits per heavy atom. The Morgan fingerprint density at radius 1 is 0.964 bits per heavy atom. The summed E-state index contributed by atoms with van der Waals surface area (Å²) in [6.45, 7) is 20.1. The van der Waals surface area contributed by atoms with Crippen molar-refractivity contribution in [2.24, 2.45) is 10.9 Å². The van der Waals surface area contributed by atoms with Gasteiger partial charge in [0.25, 0.3) is 0 Å². The zero-order valence-electron chi connectivity index (χ0n) is 18.9. The Labute approximate surface area is 172 Å². The Hall–Kier alpha value is -0.890. The summed E-state index contributed by atoms with van der Waals surface area (Å²) in [6, 6.07) is 1.01. The number of guanidine groups is 1. The first-order valence-corrected chi connectivity index (χ1v) is 11.3. The molecule has 2 saturated heterocycles. The molecule has 2 unspecified atom stereocenters. The topological polar surface area (TPSA) is 55.4 Å². The largest absolute Gasteiger partial charge is 0.379 e. The van der Waals surface area contributed by atoms with Crippen LogP contribution in [0.1, 0.15) is 34.1 Å². The second kappa shape index (κ2) is 12.6. The molecule has 0 aromatic carbocycles. The van der Waals surface area contributed by atoms with E-state index < -0.39 is 0 Å². The highest BCUT2D eigenvalue weighted by atomic mass is 16.5. The average Bonchev–Trinajstić information content (AvgIpc) is 2.69. The van der Waals surface area contributed by atoms with Crippen molar-refractivity contribution < 1.29 is 4.74 Å². The van der Waals surface area contributed by atoms with Gasteiger partial charge in [0.15, 0.2) is 5.96 Å². The highest BCUT2D eigenvalue weighted by molar-refractivity contribution is 5.79. The molecule has 0 saturated carbocycles. The zero-order valence-corrected chi connectivity index (χ0v) is 18.9. The number of hydrogen-bond acceptors (Lipinski definition) is 5. The van der Waals surface area contributed by atoms with Gasteiger partial charge in [0.05, 0.1) is 19.8 Å². The molecule has 0 aliphatic carbocycles. The molecular weight excluding hydrogens is 352 g/mol. The molecule has 7 heteroatoms. The molecule has 0 spiro atoms. The summed E-state index contributed by atoms with van der Waals surface area (Å²) >= 11 is 0. The minimum Gasteiger partial charge on any atom is -0.379 e. The highest BCUT2D eigenvalue weighted by Crippen LogP contribution is 2.13. The van der Waals surface area contributed by atoms with Crippen LogP contribution in [0, 0.1) is 5.92 Å². The molecular formula is C21H44N6O. The molecule has 0 radical (unpaired) electrons. The van der Waals surface area contributed by atoms with Gasteiger partial charge in [-0.1, -0.05) is 13.8 Å². The van der Waals surface area contributed by atoms with Gasteiger partial charge in [-0.25, -0.2) is 0 Å². The number of ether oxygens (including phenoxy) is 1. The fraction of sp³-hybridized carbons (Fsp3) is 0.952. The van der Waals surface area contributed by atoms with E-state index >= 15 is 0 Å². The van der Waals surface area contributed by atoms with Crippen molar-refractivity contribution in [1.29, 1.82) is 0 Å². The van der Waals surface area contributed by atoms with Gasteiger partial charge in [0, 0.05) is 64.4 Å². The van der Waals surface area contributed by atoms with Crippen LogP contribution in [0.25, 0.3) is 0 Å². The first-order valence-electron chi connectivity index (χ1n) is 11.3. The van der Waals surface area contributed by atoms with Gasteiger partial charge < -0.3 is 20.3 Å². The molecule has 164 valence electrons. The standard InChI is InChI=1S/C21H44N6O/c1-6-22-21(23-16-19(4)26-9-7-25(5)8-10-26)24-17-20(15-18(2)3)27-11-13-28-14-12-27/h18-20H,6-17H2,1-5H3,(H2,22,23,24). The smallest absolute Gasteiger partial charge is 0.191 e. The predicted octanol–water partition coefficient (Wildman–Crippen LogP) is 0.924. The van der Waals surface area contributed by atoms with Gasteiger partial charge >= 0.3 is 0 Å². The number of likely N-dealkylation sites (N-methyl/N-ethyl adjacent to an activating group) is 1. The third-order valence-electron chi connectivity index (χ3n) is 5.83. The van der Waals surface area contributed by atoms with Crippen LogP contribution in [0.3, 0.4) is 0 Å². The maximum absolute atomic E-state index is 5.54. The van der Waals surface area contributed by atoms with E-state index in [4.69, 9.17) is 9.73 Å². The lowest BCUT2D eigenvalue weighted by Gasteiger charge is -2.36. The Balaban J connectivity index is 1.87. The highest BCUT2D eigenvalue weighted by Gasteiger charge is 2.22. The lowest BCUT2D eigenvalue weighted by Crippen LogP contribution is -2.51. The third kappa shape index (κ3) is 8.23. The molecule has 28 heavy (non-hydrogen) atoms. The lowest BCUT2D eigenvalue weighted by molar-refractivity contribution is 0.0132. The molecule has 2 fully saturated rings. The van der Waals surface area contributed by atoms with Crippen molar-refractivity contribution >= 4 is 5.96 Å². The monoisotopic (exact) mass is 396 g/mol. The van der Waals surface area contributed by atoms with Crippen LogP contribution in [0.2, 0.25) is 0 Å². The number of nitrogens with zero attached hydrogens (tertiary/aromatic N) is 4. The summed E-state index contributed by atoms with van der Waals surface area (Å²) in [5, 5.41) is 7.05. The Kier molecular flexibility index (Phi) is 10.5.